The van der Waals surface area contributed by atoms with Crippen LogP contribution in [0.3, 0.4) is 0 Å². The van der Waals surface area contributed by atoms with Crippen molar-refractivity contribution in [3.05, 3.63) is 54.3 Å². The van der Waals surface area contributed by atoms with Crippen LogP contribution in [-0.4, -0.2) is 0 Å². The molecule has 1 radical (unpaired) electrons. The molecule has 0 spiro atoms. The summed E-state index contributed by atoms with van der Waals surface area (Å²) in [5.41, 5.74) is -0.0451. The van der Waals surface area contributed by atoms with Gasteiger partial charge in [0.1, 0.15) is 0 Å². The standard InChI is InChI=1S/C11H9O2S/c12-11(9-5-2-1-3-6-9)14-10-7-4-8-13-10/h1-8,11H. The fourth-order valence-corrected chi connectivity index (χ4v) is 1.89. The van der Waals surface area contributed by atoms with E-state index in [0.717, 1.165) is 5.56 Å². The van der Waals surface area contributed by atoms with E-state index >= 15 is 0 Å². The topological polar surface area (TPSA) is 33.0 Å². The van der Waals surface area contributed by atoms with Crippen LogP contribution in [0.15, 0.2) is 58.2 Å². The predicted molar refractivity (Wildman–Crippen MR) is 54.4 cm³/mol. The minimum absolute atomic E-state index is 0.661. The molecule has 71 valence electrons. The molecule has 0 fully saturated rings. The first-order chi connectivity index (χ1) is 6.86. The average molecular weight is 205 g/mol. The first-order valence-electron chi connectivity index (χ1n) is 4.27. The highest BCUT2D eigenvalue weighted by Gasteiger charge is 2.11. The molecule has 0 bridgehead atoms. The van der Waals surface area contributed by atoms with E-state index in [4.69, 9.17) is 4.42 Å². The van der Waals surface area contributed by atoms with Gasteiger partial charge in [-0.05, 0) is 29.5 Å². The summed E-state index contributed by atoms with van der Waals surface area (Å²) < 4.78 is 5.09. The zero-order chi connectivity index (χ0) is 9.80. The first-order valence-corrected chi connectivity index (χ1v) is 5.15. The highest BCUT2D eigenvalue weighted by atomic mass is 32.2. The van der Waals surface area contributed by atoms with Crippen molar-refractivity contribution in [1.29, 1.82) is 0 Å². The lowest BCUT2D eigenvalue weighted by atomic mass is 10.2. The molecule has 2 aromatic rings. The van der Waals surface area contributed by atoms with Gasteiger partial charge in [-0.1, -0.05) is 30.3 Å². The highest BCUT2D eigenvalue weighted by Crippen LogP contribution is 2.33. The minimum Gasteiger partial charge on any atom is -0.458 e. The van der Waals surface area contributed by atoms with Crippen LogP contribution in [0.5, 0.6) is 0 Å². The van der Waals surface area contributed by atoms with Crippen molar-refractivity contribution in [2.24, 2.45) is 0 Å². The second-order valence-corrected chi connectivity index (χ2v) is 3.86. The Morgan fingerprint density at radius 2 is 1.86 bits per heavy atom. The van der Waals surface area contributed by atoms with Crippen molar-refractivity contribution in [1.82, 2.24) is 0 Å². The van der Waals surface area contributed by atoms with E-state index in [2.05, 4.69) is 0 Å². The van der Waals surface area contributed by atoms with Gasteiger partial charge in [-0.2, -0.15) is 0 Å². The maximum absolute atomic E-state index is 11.7. The second kappa shape index (κ2) is 4.35. The Bertz CT molecular complexity index is 369. The van der Waals surface area contributed by atoms with Gasteiger partial charge in [0.05, 0.1) is 6.26 Å². The average Bonchev–Trinajstić information content (AvgIpc) is 2.72. The summed E-state index contributed by atoms with van der Waals surface area (Å²) in [5, 5.41) is 12.4. The van der Waals surface area contributed by atoms with E-state index in [-0.39, 0.29) is 0 Å². The molecule has 1 heterocycles. The van der Waals surface area contributed by atoms with Gasteiger partial charge in [0, 0.05) is 0 Å². The van der Waals surface area contributed by atoms with Crippen LogP contribution < -0.4 is 0 Å². The largest absolute Gasteiger partial charge is 0.458 e. The third-order valence-corrected chi connectivity index (χ3v) is 2.74. The highest BCUT2D eigenvalue weighted by molar-refractivity contribution is 7.99. The van der Waals surface area contributed by atoms with E-state index in [1.807, 2.05) is 30.3 Å². The first kappa shape index (κ1) is 9.37. The van der Waals surface area contributed by atoms with Gasteiger partial charge in [-0.25, -0.2) is 5.11 Å². The van der Waals surface area contributed by atoms with E-state index in [1.54, 1.807) is 18.4 Å². The normalized spacial score (nSPS) is 12.6. The Morgan fingerprint density at radius 3 is 2.50 bits per heavy atom. The molecule has 0 N–H and O–H groups in total. The fraction of sp³-hybridized carbons (Fsp3) is 0.0909. The Kier molecular flexibility index (Phi) is 2.91. The van der Waals surface area contributed by atoms with Gasteiger partial charge >= 0.3 is 0 Å². The van der Waals surface area contributed by atoms with Gasteiger partial charge < -0.3 is 4.42 Å². The van der Waals surface area contributed by atoms with Crippen LogP contribution >= 0.6 is 11.8 Å². The van der Waals surface area contributed by atoms with Crippen molar-refractivity contribution in [2.75, 3.05) is 0 Å². The summed E-state index contributed by atoms with van der Waals surface area (Å²) in [6.45, 7) is 0. The van der Waals surface area contributed by atoms with Gasteiger partial charge in [-0.15, -0.1) is 0 Å². The Hall–Kier alpha value is -1.19. The molecule has 0 saturated heterocycles. The molecule has 1 atom stereocenters. The van der Waals surface area contributed by atoms with Gasteiger partial charge in [0.15, 0.2) is 10.5 Å². The van der Waals surface area contributed by atoms with Crippen LogP contribution in [-0.2, 0) is 5.11 Å². The minimum atomic E-state index is -0.817. The molecule has 2 rings (SSSR count). The molecule has 0 saturated carbocycles. The Labute approximate surface area is 86.6 Å². The molecule has 0 aliphatic rings. The monoisotopic (exact) mass is 205 g/mol. The molecule has 1 unspecified atom stereocenters. The maximum atomic E-state index is 11.7. The van der Waals surface area contributed by atoms with E-state index in [0.29, 0.717) is 5.09 Å². The lowest BCUT2D eigenvalue weighted by Gasteiger charge is -2.05. The SMILES string of the molecule is [O]C(Sc1ccco1)c1ccccc1. The summed E-state index contributed by atoms with van der Waals surface area (Å²) in [7, 11) is 0. The molecular weight excluding hydrogens is 196 g/mol. The zero-order valence-electron chi connectivity index (χ0n) is 7.42. The molecule has 0 aliphatic heterocycles. The summed E-state index contributed by atoms with van der Waals surface area (Å²) in [5.74, 6) is 0. The van der Waals surface area contributed by atoms with Crippen molar-refractivity contribution in [2.45, 2.75) is 10.5 Å². The second-order valence-electron chi connectivity index (χ2n) is 2.79. The number of rotatable bonds is 3. The van der Waals surface area contributed by atoms with Crippen LogP contribution in [0, 0.1) is 0 Å². The van der Waals surface area contributed by atoms with Gasteiger partial charge in [0.25, 0.3) is 0 Å². The Morgan fingerprint density at radius 1 is 1.07 bits per heavy atom. The van der Waals surface area contributed by atoms with Crippen LogP contribution in [0.25, 0.3) is 0 Å². The number of thioether (sulfide) groups is 1. The summed E-state index contributed by atoms with van der Waals surface area (Å²) >= 11 is 1.18. The third-order valence-electron chi connectivity index (χ3n) is 1.79. The van der Waals surface area contributed by atoms with Crippen molar-refractivity contribution in [3.8, 4) is 0 Å². The Balaban J connectivity index is 2.07. The number of hydrogen-bond donors (Lipinski definition) is 0. The molecule has 1 aromatic carbocycles. The third kappa shape index (κ3) is 2.19. The van der Waals surface area contributed by atoms with E-state index in [1.165, 1.54) is 11.8 Å². The summed E-state index contributed by atoms with van der Waals surface area (Å²) in [4.78, 5) is 0. The number of furan rings is 1. The lowest BCUT2D eigenvalue weighted by Crippen LogP contribution is -1.88. The summed E-state index contributed by atoms with van der Waals surface area (Å²) in [6, 6.07) is 12.8. The lowest BCUT2D eigenvalue weighted by molar-refractivity contribution is 0.166. The molecule has 3 heteroatoms. The van der Waals surface area contributed by atoms with Crippen LogP contribution in [0.4, 0.5) is 0 Å². The zero-order valence-corrected chi connectivity index (χ0v) is 8.24. The maximum Gasteiger partial charge on any atom is 0.171 e. The van der Waals surface area contributed by atoms with Crippen molar-refractivity contribution < 1.29 is 9.52 Å². The fourth-order valence-electron chi connectivity index (χ4n) is 1.11. The van der Waals surface area contributed by atoms with Crippen LogP contribution in [0.1, 0.15) is 11.0 Å². The molecular formula is C11H9O2S. The van der Waals surface area contributed by atoms with E-state index in [9.17, 15) is 5.11 Å². The molecule has 0 aliphatic carbocycles. The van der Waals surface area contributed by atoms with E-state index < -0.39 is 5.44 Å². The van der Waals surface area contributed by atoms with Crippen molar-refractivity contribution >= 4 is 11.8 Å². The number of hydrogen-bond acceptors (Lipinski definition) is 2. The predicted octanol–water partition coefficient (Wildman–Crippen LogP) is 3.50. The molecule has 14 heavy (non-hydrogen) atoms. The molecule has 2 nitrogen and oxygen atoms in total. The van der Waals surface area contributed by atoms with Crippen molar-refractivity contribution in [3.63, 3.8) is 0 Å². The van der Waals surface area contributed by atoms with Crippen LogP contribution in [0.2, 0.25) is 0 Å². The number of benzene rings is 1. The molecule has 1 aromatic heterocycles. The van der Waals surface area contributed by atoms with Gasteiger partial charge in [-0.3, -0.25) is 0 Å². The molecule has 0 amide bonds. The quantitative estimate of drug-likeness (QED) is 0.567. The van der Waals surface area contributed by atoms with Gasteiger partial charge in [0.2, 0.25) is 0 Å². The smallest absolute Gasteiger partial charge is 0.171 e. The summed E-state index contributed by atoms with van der Waals surface area (Å²) in [6.07, 6.45) is 1.57.